The lowest BCUT2D eigenvalue weighted by Gasteiger charge is -2.61. The zero-order chi connectivity index (χ0) is 34.5. The maximum atomic E-state index is 13.7. The van der Waals surface area contributed by atoms with Crippen LogP contribution in [0, 0.1) is 0 Å². The molecule has 2 aliphatic carbocycles. The maximum absolute atomic E-state index is 13.7. The van der Waals surface area contributed by atoms with Gasteiger partial charge in [-0.05, 0) is 51.1 Å². The highest BCUT2D eigenvalue weighted by Gasteiger charge is 2.72. The molecule has 1 saturated heterocycles. The third-order valence-corrected chi connectivity index (χ3v) is 9.04. The van der Waals surface area contributed by atoms with E-state index in [0.29, 0.717) is 30.7 Å². The first-order valence-corrected chi connectivity index (χ1v) is 14.6. The molecule has 15 heteroatoms. The minimum Gasteiger partial charge on any atom is -0.504 e. The highest BCUT2D eigenvalue weighted by atomic mass is 19.4. The van der Waals surface area contributed by atoms with Crippen LogP contribution in [0.3, 0.4) is 0 Å². The molecule has 0 amide bonds. The summed E-state index contributed by atoms with van der Waals surface area (Å²) < 4.78 is 54.4. The molecule has 0 saturated carbocycles. The van der Waals surface area contributed by atoms with Crippen molar-refractivity contribution in [3.8, 4) is 11.5 Å². The summed E-state index contributed by atoms with van der Waals surface area (Å²) in [7, 11) is 1.99. The Labute approximate surface area is 266 Å². The molecule has 0 unspecified atom stereocenters. The monoisotopic (exact) mass is 663 g/mol. The number of carboxylic acid groups (broad SMARTS) is 1. The lowest BCUT2D eigenvalue weighted by atomic mass is 9.50. The van der Waals surface area contributed by atoms with E-state index in [1.165, 1.54) is 13.8 Å². The number of rotatable bonds is 6. The third kappa shape index (κ3) is 5.78. The molecule has 6 rings (SSSR count). The van der Waals surface area contributed by atoms with Crippen molar-refractivity contribution in [2.45, 2.75) is 74.7 Å². The molecule has 12 nitrogen and oxygen atoms in total. The Kier molecular flexibility index (Phi) is 8.75. The minimum absolute atomic E-state index is 0.0384. The molecule has 3 N–H and O–H groups in total. The number of aromatic hydroxyl groups is 1. The van der Waals surface area contributed by atoms with Crippen LogP contribution in [0.1, 0.15) is 49.5 Å². The number of ether oxygens (including phenoxy) is 4. The average Bonchev–Trinajstić information content (AvgIpc) is 3.36. The number of alkyl halides is 3. The standard InChI is InChI=1S/C30H31NO9.C2HF3O2/c1-16(37-17(2)32)27(34)40-24(18-7-5-4-6-8-18)28(35)38-21-11-12-30(36)22-15-19-9-10-20(33)25-23(19)29(30,26(21)39-25)13-14-31(22)3;3-2(4,5)1(6)7/h4-11,16,22,24,26,33,36H,12-15H2,1-3H3;(H,6,7)/t16-,22+,24-,26-,29-,30+;/m0./s1. The third-order valence-electron chi connectivity index (χ3n) is 9.04. The van der Waals surface area contributed by atoms with E-state index in [9.17, 15) is 37.8 Å². The molecule has 2 bridgehead atoms. The average molecular weight is 664 g/mol. The molecule has 4 aliphatic rings. The summed E-state index contributed by atoms with van der Waals surface area (Å²) in [6, 6.07) is 11.7. The number of carbonyl (C=O) groups excluding carboxylic acids is 3. The SMILES string of the molecule is CC(=O)O[C@@H](C)C(=O)O[C@H](C(=O)OC1=CC[C@@]2(O)[C@H]3Cc4ccc(O)c5c4[C@@]2(CCN3C)[C@H]1O5)c1ccccc1.O=C(O)C(F)(F)F. The fourth-order valence-corrected chi connectivity index (χ4v) is 7.00. The van der Waals surface area contributed by atoms with Crippen molar-refractivity contribution in [3.63, 3.8) is 0 Å². The van der Waals surface area contributed by atoms with Gasteiger partial charge in [0.25, 0.3) is 0 Å². The number of phenolic OH excluding ortho intramolecular Hbond substituents is 1. The van der Waals surface area contributed by atoms with Crippen molar-refractivity contribution in [1.29, 1.82) is 0 Å². The molecule has 252 valence electrons. The molecule has 0 aromatic heterocycles. The predicted octanol–water partition coefficient (Wildman–Crippen LogP) is 3.08. The number of esters is 3. The number of benzene rings is 2. The van der Waals surface area contributed by atoms with Gasteiger partial charge in [0.1, 0.15) is 5.76 Å². The van der Waals surface area contributed by atoms with Crippen LogP contribution in [0.5, 0.6) is 11.5 Å². The molecular weight excluding hydrogens is 631 g/mol. The fraction of sp³-hybridized carbons (Fsp3) is 0.438. The van der Waals surface area contributed by atoms with Gasteiger partial charge >= 0.3 is 30.1 Å². The molecule has 2 aromatic rings. The first kappa shape index (κ1) is 33.7. The molecule has 1 spiro atoms. The van der Waals surface area contributed by atoms with E-state index in [2.05, 4.69) is 4.90 Å². The van der Waals surface area contributed by atoms with Crippen LogP contribution in [-0.2, 0) is 45.2 Å². The Morgan fingerprint density at radius 2 is 1.72 bits per heavy atom. The number of phenols is 1. The van der Waals surface area contributed by atoms with Gasteiger partial charge in [-0.1, -0.05) is 36.4 Å². The van der Waals surface area contributed by atoms with Gasteiger partial charge in [-0.25, -0.2) is 14.4 Å². The number of carboxylic acids is 1. The summed E-state index contributed by atoms with van der Waals surface area (Å²) in [5.41, 5.74) is -0.0162. The van der Waals surface area contributed by atoms with Gasteiger partial charge in [0, 0.05) is 30.5 Å². The summed E-state index contributed by atoms with van der Waals surface area (Å²) >= 11 is 0. The van der Waals surface area contributed by atoms with Gasteiger partial charge in [-0.15, -0.1) is 0 Å². The first-order chi connectivity index (χ1) is 22.0. The summed E-state index contributed by atoms with van der Waals surface area (Å²) in [5, 5.41) is 30.1. The van der Waals surface area contributed by atoms with Crippen molar-refractivity contribution in [2.75, 3.05) is 13.6 Å². The predicted molar refractivity (Wildman–Crippen MR) is 153 cm³/mol. The van der Waals surface area contributed by atoms with Crippen LogP contribution in [0.15, 0.2) is 54.3 Å². The largest absolute Gasteiger partial charge is 0.504 e. The van der Waals surface area contributed by atoms with E-state index >= 15 is 0 Å². The van der Waals surface area contributed by atoms with E-state index in [1.807, 2.05) is 13.1 Å². The zero-order valence-corrected chi connectivity index (χ0v) is 25.4. The van der Waals surface area contributed by atoms with Crippen LogP contribution in [-0.4, -0.2) is 87.7 Å². The number of halogens is 3. The molecule has 2 aromatic carbocycles. The summed E-state index contributed by atoms with van der Waals surface area (Å²) in [5.74, 6) is -4.74. The highest BCUT2D eigenvalue weighted by Crippen LogP contribution is 2.65. The highest BCUT2D eigenvalue weighted by molar-refractivity contribution is 5.84. The van der Waals surface area contributed by atoms with Crippen molar-refractivity contribution in [2.24, 2.45) is 0 Å². The number of nitrogens with zero attached hydrogens (tertiary/aromatic N) is 1. The molecule has 1 fully saturated rings. The number of carbonyl (C=O) groups is 4. The second-order valence-corrected chi connectivity index (χ2v) is 11.8. The lowest BCUT2D eigenvalue weighted by molar-refractivity contribution is -0.192. The Morgan fingerprint density at radius 1 is 1.06 bits per heavy atom. The molecule has 2 aliphatic heterocycles. The topological polar surface area (TPSA) is 169 Å². The van der Waals surface area contributed by atoms with Crippen molar-refractivity contribution >= 4 is 23.9 Å². The van der Waals surface area contributed by atoms with Gasteiger partial charge in [0.2, 0.25) is 6.10 Å². The summed E-state index contributed by atoms with van der Waals surface area (Å²) in [6.45, 7) is 3.21. The van der Waals surface area contributed by atoms with Gasteiger partial charge in [0.05, 0.1) is 11.0 Å². The van der Waals surface area contributed by atoms with E-state index in [1.54, 1.807) is 42.5 Å². The maximum Gasteiger partial charge on any atom is 0.490 e. The minimum atomic E-state index is -5.08. The van der Waals surface area contributed by atoms with Crippen LogP contribution >= 0.6 is 0 Å². The number of hydrogen-bond acceptors (Lipinski definition) is 11. The molecule has 6 atom stereocenters. The van der Waals surface area contributed by atoms with E-state index < -0.39 is 59.4 Å². The number of hydrogen-bond donors (Lipinski definition) is 3. The van der Waals surface area contributed by atoms with E-state index in [4.69, 9.17) is 28.8 Å². The van der Waals surface area contributed by atoms with Gasteiger partial charge in [-0.2, -0.15) is 13.2 Å². The second kappa shape index (κ2) is 12.2. The second-order valence-electron chi connectivity index (χ2n) is 11.8. The number of aliphatic hydroxyl groups is 1. The van der Waals surface area contributed by atoms with Crippen LogP contribution in [0.2, 0.25) is 0 Å². The number of piperidine rings is 1. The van der Waals surface area contributed by atoms with Crippen molar-refractivity contribution in [1.82, 2.24) is 4.90 Å². The lowest BCUT2D eigenvalue weighted by Crippen LogP contribution is -2.74. The molecule has 47 heavy (non-hydrogen) atoms. The fourth-order valence-electron chi connectivity index (χ4n) is 7.00. The van der Waals surface area contributed by atoms with E-state index in [0.717, 1.165) is 11.1 Å². The van der Waals surface area contributed by atoms with Crippen molar-refractivity contribution < 1.29 is 66.6 Å². The van der Waals surface area contributed by atoms with E-state index in [-0.39, 0.29) is 24.0 Å². The Morgan fingerprint density at radius 3 is 2.34 bits per heavy atom. The van der Waals surface area contributed by atoms with Crippen LogP contribution in [0.4, 0.5) is 13.2 Å². The Hall–Kier alpha value is -4.63. The molecule has 2 heterocycles. The molecular formula is C32H32F3NO11. The first-order valence-electron chi connectivity index (χ1n) is 14.6. The van der Waals surface area contributed by atoms with Crippen molar-refractivity contribution in [3.05, 3.63) is 71.0 Å². The normalized spacial score (nSPS) is 26.6. The Bertz CT molecular complexity index is 1630. The smallest absolute Gasteiger partial charge is 0.490 e. The Balaban J connectivity index is 0.000000559. The van der Waals surface area contributed by atoms with Gasteiger partial charge in [-0.3, -0.25) is 4.79 Å². The number of likely N-dealkylation sites (tertiary alicyclic amines) is 1. The zero-order valence-electron chi connectivity index (χ0n) is 25.4. The van der Waals surface area contributed by atoms with Crippen LogP contribution in [0.25, 0.3) is 0 Å². The summed E-state index contributed by atoms with van der Waals surface area (Å²) in [4.78, 5) is 48.8. The molecule has 0 radical (unpaired) electrons. The quantitative estimate of drug-likeness (QED) is 0.306. The van der Waals surface area contributed by atoms with Crippen LogP contribution < -0.4 is 4.74 Å². The number of likely N-dealkylation sites (N-methyl/N-ethyl adjacent to an activating group) is 1. The van der Waals surface area contributed by atoms with Gasteiger partial charge < -0.3 is 39.2 Å². The number of aliphatic carboxylic acids is 1. The summed E-state index contributed by atoms with van der Waals surface area (Å²) in [6.07, 6.45) is -5.65. The van der Waals surface area contributed by atoms with Gasteiger partial charge in [0.15, 0.2) is 23.7 Å².